The van der Waals surface area contributed by atoms with E-state index in [0.717, 1.165) is 6.42 Å². The maximum absolute atomic E-state index is 12.5. The molecular weight excluding hydrogens is 382 g/mol. The molecule has 1 amide bonds. The van der Waals surface area contributed by atoms with E-state index in [1.54, 1.807) is 18.0 Å². The largest absolute Gasteiger partial charge is 0.376 e. The summed E-state index contributed by atoms with van der Waals surface area (Å²) in [6, 6.07) is 4.20. The fourth-order valence-corrected chi connectivity index (χ4v) is 3.86. The van der Waals surface area contributed by atoms with Gasteiger partial charge < -0.3 is 9.64 Å². The van der Waals surface area contributed by atoms with Gasteiger partial charge in [-0.05, 0) is 31.5 Å². The van der Waals surface area contributed by atoms with Crippen LogP contribution in [0.3, 0.4) is 0 Å². The highest BCUT2D eigenvalue weighted by Crippen LogP contribution is 2.25. The summed E-state index contributed by atoms with van der Waals surface area (Å²) in [6.07, 6.45) is 0.722. The number of rotatable bonds is 3. The van der Waals surface area contributed by atoms with E-state index >= 15 is 0 Å². The molecule has 1 aromatic carbocycles. The first-order chi connectivity index (χ1) is 9.70. The molecule has 1 aromatic rings. The first-order valence-electron chi connectivity index (χ1n) is 6.34. The Morgan fingerprint density at radius 1 is 1.43 bits per heavy atom. The highest BCUT2D eigenvalue weighted by molar-refractivity contribution is 9.10. The maximum atomic E-state index is 12.5. The summed E-state index contributed by atoms with van der Waals surface area (Å²) >= 11 is 3.20. The van der Waals surface area contributed by atoms with Gasteiger partial charge in [0.25, 0.3) is 15.0 Å². The predicted octanol–water partition coefficient (Wildman–Crippen LogP) is 2.63. The molecule has 0 bridgehead atoms. The number of hydrogen-bond acceptors (Lipinski definition) is 4. The zero-order valence-corrected chi connectivity index (χ0v) is 14.7. The summed E-state index contributed by atoms with van der Waals surface area (Å²) in [5, 5.41) is 0. The Kier molecular flexibility index (Phi) is 4.97. The van der Waals surface area contributed by atoms with Gasteiger partial charge in [0.15, 0.2) is 0 Å². The molecule has 0 aromatic heterocycles. The van der Waals surface area contributed by atoms with Crippen molar-refractivity contribution in [3.63, 3.8) is 0 Å². The number of hydrogen-bond donors (Lipinski definition) is 0. The molecule has 1 aliphatic heterocycles. The van der Waals surface area contributed by atoms with E-state index in [0.29, 0.717) is 11.1 Å². The number of carbonyl (C=O) groups excluding carboxylic acids is 1. The molecule has 0 N–H and O–H groups in total. The molecule has 21 heavy (non-hydrogen) atoms. The lowest BCUT2D eigenvalue weighted by atomic mass is 10.1. The van der Waals surface area contributed by atoms with Gasteiger partial charge in [0, 0.05) is 34.4 Å². The monoisotopic (exact) mass is 395 g/mol. The smallest absolute Gasteiger partial charge is 0.261 e. The summed E-state index contributed by atoms with van der Waals surface area (Å²) in [5.41, 5.74) is 0.269. The van der Waals surface area contributed by atoms with Gasteiger partial charge in [0.05, 0.1) is 17.0 Å². The van der Waals surface area contributed by atoms with Crippen LogP contribution in [-0.2, 0) is 13.8 Å². The van der Waals surface area contributed by atoms with Gasteiger partial charge in [0.1, 0.15) is 0 Å². The van der Waals surface area contributed by atoms with Crippen LogP contribution in [0.15, 0.2) is 27.6 Å². The molecule has 116 valence electrons. The third kappa shape index (κ3) is 3.77. The molecule has 0 aliphatic carbocycles. The van der Waals surface area contributed by atoms with Gasteiger partial charge >= 0.3 is 0 Å². The van der Waals surface area contributed by atoms with Crippen molar-refractivity contribution in [2.75, 3.05) is 13.7 Å². The third-order valence-corrected chi connectivity index (χ3v) is 5.34. The van der Waals surface area contributed by atoms with Crippen molar-refractivity contribution in [2.24, 2.45) is 0 Å². The molecule has 0 radical (unpaired) electrons. The first-order valence-corrected chi connectivity index (χ1v) is 9.44. The van der Waals surface area contributed by atoms with E-state index in [9.17, 15) is 13.2 Å². The second-order valence-corrected chi connectivity index (χ2v) is 8.44. The Morgan fingerprint density at radius 3 is 2.62 bits per heavy atom. The van der Waals surface area contributed by atoms with Crippen molar-refractivity contribution in [3.8, 4) is 0 Å². The van der Waals surface area contributed by atoms with Gasteiger partial charge in [-0.15, -0.1) is 0 Å². The summed E-state index contributed by atoms with van der Waals surface area (Å²) in [6.45, 7) is 2.53. The third-order valence-electron chi connectivity index (χ3n) is 3.55. The highest BCUT2D eigenvalue weighted by Gasteiger charge is 2.31. The minimum absolute atomic E-state index is 0.0208. The van der Waals surface area contributed by atoms with Crippen LogP contribution in [-0.4, -0.2) is 45.0 Å². The van der Waals surface area contributed by atoms with Crippen LogP contribution in [0.2, 0.25) is 0 Å². The Morgan fingerprint density at radius 2 is 2.10 bits per heavy atom. The van der Waals surface area contributed by atoms with Gasteiger partial charge in [-0.25, -0.2) is 8.42 Å². The topological polar surface area (TPSA) is 63.7 Å². The maximum Gasteiger partial charge on any atom is 0.261 e. The van der Waals surface area contributed by atoms with Crippen molar-refractivity contribution in [1.29, 1.82) is 0 Å². The van der Waals surface area contributed by atoms with Crippen LogP contribution in [0.5, 0.6) is 0 Å². The molecule has 1 saturated heterocycles. The van der Waals surface area contributed by atoms with Crippen LogP contribution in [0, 0.1) is 0 Å². The van der Waals surface area contributed by atoms with E-state index in [-0.39, 0.29) is 28.5 Å². The van der Waals surface area contributed by atoms with Crippen LogP contribution >= 0.6 is 26.6 Å². The fourth-order valence-electron chi connectivity index (χ4n) is 2.41. The summed E-state index contributed by atoms with van der Waals surface area (Å²) in [5.74, 6) is -0.264. The van der Waals surface area contributed by atoms with Crippen LogP contribution in [0.25, 0.3) is 0 Å². The molecule has 2 atom stereocenters. The number of halogens is 2. The SMILES string of the molecule is CC1OCCC1N(C)C(=O)c1cc(Br)cc(S(=O)(=O)Cl)c1. The van der Waals surface area contributed by atoms with Gasteiger partial charge in [-0.2, -0.15) is 0 Å². The zero-order chi connectivity index (χ0) is 15.8. The van der Waals surface area contributed by atoms with Crippen molar-refractivity contribution in [3.05, 3.63) is 28.2 Å². The van der Waals surface area contributed by atoms with Crippen molar-refractivity contribution in [1.82, 2.24) is 4.90 Å². The van der Waals surface area contributed by atoms with Crippen LogP contribution in [0.1, 0.15) is 23.7 Å². The Hall–Kier alpha value is -0.630. The number of nitrogens with zero attached hydrogens (tertiary/aromatic N) is 1. The number of likely N-dealkylation sites (N-methyl/N-ethyl adjacent to an activating group) is 1. The Balaban J connectivity index is 2.33. The molecule has 1 fully saturated rings. The average molecular weight is 397 g/mol. The van der Waals surface area contributed by atoms with Crippen molar-refractivity contribution >= 4 is 41.6 Å². The predicted molar refractivity (Wildman–Crippen MR) is 83.1 cm³/mol. The number of amides is 1. The van der Waals surface area contributed by atoms with E-state index < -0.39 is 9.05 Å². The molecule has 8 heteroatoms. The minimum Gasteiger partial charge on any atom is -0.376 e. The molecule has 0 spiro atoms. The number of carbonyl (C=O) groups is 1. The first kappa shape index (κ1) is 16.7. The van der Waals surface area contributed by atoms with Crippen molar-refractivity contribution < 1.29 is 17.9 Å². The van der Waals surface area contributed by atoms with E-state index in [2.05, 4.69) is 15.9 Å². The van der Waals surface area contributed by atoms with Crippen molar-refractivity contribution in [2.45, 2.75) is 30.4 Å². The van der Waals surface area contributed by atoms with E-state index in [1.165, 1.54) is 12.1 Å². The van der Waals surface area contributed by atoms with Gasteiger partial charge in [-0.3, -0.25) is 4.79 Å². The second-order valence-electron chi connectivity index (χ2n) is 4.96. The minimum atomic E-state index is -3.89. The molecular formula is C13H15BrClNO4S. The van der Waals surface area contributed by atoms with Gasteiger partial charge in [0.2, 0.25) is 0 Å². The quantitative estimate of drug-likeness (QED) is 0.737. The second kappa shape index (κ2) is 6.24. The number of benzene rings is 1. The molecule has 2 rings (SSSR count). The Labute approximate surface area is 136 Å². The zero-order valence-electron chi connectivity index (χ0n) is 11.5. The molecule has 5 nitrogen and oxygen atoms in total. The average Bonchev–Trinajstić information content (AvgIpc) is 2.81. The molecule has 1 aliphatic rings. The summed E-state index contributed by atoms with van der Waals surface area (Å²) < 4.78 is 28.8. The lowest BCUT2D eigenvalue weighted by Crippen LogP contribution is -2.41. The van der Waals surface area contributed by atoms with E-state index in [4.69, 9.17) is 15.4 Å². The normalized spacial score (nSPS) is 22.3. The molecule has 1 heterocycles. The lowest BCUT2D eigenvalue weighted by Gasteiger charge is -2.27. The van der Waals surface area contributed by atoms with Gasteiger partial charge in [-0.1, -0.05) is 15.9 Å². The summed E-state index contributed by atoms with van der Waals surface area (Å²) in [7, 11) is 3.14. The number of ether oxygens (including phenoxy) is 1. The fraction of sp³-hybridized carbons (Fsp3) is 0.462. The standard InChI is InChI=1S/C13H15BrClNO4S/c1-8-12(3-4-20-8)16(2)13(17)9-5-10(14)7-11(6-9)21(15,18)19/h5-8,12H,3-4H2,1-2H3. The Bertz CT molecular complexity index is 664. The molecule has 0 saturated carbocycles. The van der Waals surface area contributed by atoms with E-state index in [1.807, 2.05) is 6.92 Å². The highest BCUT2D eigenvalue weighted by atomic mass is 79.9. The summed E-state index contributed by atoms with van der Waals surface area (Å²) in [4.78, 5) is 14.0. The lowest BCUT2D eigenvalue weighted by molar-refractivity contribution is 0.0574. The van der Waals surface area contributed by atoms with Crippen LogP contribution in [0.4, 0.5) is 0 Å². The van der Waals surface area contributed by atoms with Crippen LogP contribution < -0.4 is 0 Å². The molecule has 2 unspecified atom stereocenters.